The van der Waals surface area contributed by atoms with Gasteiger partial charge in [-0.15, -0.1) is 0 Å². The molecule has 2 aliphatic carbocycles. The minimum Gasteiger partial charge on any atom is -0.497 e. The van der Waals surface area contributed by atoms with Crippen molar-refractivity contribution in [2.45, 2.75) is 57.5 Å². The molecule has 2 fully saturated rings. The third kappa shape index (κ3) is 5.07. The molecule has 1 aromatic carbocycles. The lowest BCUT2D eigenvalue weighted by atomic mass is 9.91. The molecule has 4 N–H and O–H groups in total. The van der Waals surface area contributed by atoms with Gasteiger partial charge in [0.1, 0.15) is 29.0 Å². The zero-order chi connectivity index (χ0) is 25.2. The van der Waals surface area contributed by atoms with Crippen LogP contribution in [0.5, 0.6) is 11.5 Å². The highest BCUT2D eigenvalue weighted by Gasteiger charge is 2.27. The first-order valence-electron chi connectivity index (χ1n) is 12.4. The maximum absolute atomic E-state index is 13.3. The number of hydrogen-bond acceptors (Lipinski definition) is 6. The van der Waals surface area contributed by atoms with E-state index in [0.717, 1.165) is 5.56 Å². The maximum atomic E-state index is 13.3. The van der Waals surface area contributed by atoms with Gasteiger partial charge >= 0.3 is 6.09 Å². The second-order valence-corrected chi connectivity index (χ2v) is 9.66. The van der Waals surface area contributed by atoms with Crippen molar-refractivity contribution >= 4 is 23.0 Å². The number of amides is 2. The predicted molar refractivity (Wildman–Crippen MR) is 134 cm³/mol. The molecule has 2 saturated carbocycles. The number of hydrogen-bond donors (Lipinski definition) is 4. The van der Waals surface area contributed by atoms with E-state index in [2.05, 4.69) is 25.6 Å². The van der Waals surface area contributed by atoms with Crippen molar-refractivity contribution in [1.29, 1.82) is 0 Å². The SMILES string of the molecule is COc1ccc(-c2ncnc3c(C(=O)N[C@H]4CC[C@@H](NC(=O)O)CC4)c(C)[nH]c23)c(OCC2CC2)c1. The number of aryl methyl sites for hydroxylation is 1. The zero-order valence-electron chi connectivity index (χ0n) is 20.5. The molecular formula is C26H31N5O5. The Morgan fingerprint density at radius 2 is 1.81 bits per heavy atom. The van der Waals surface area contributed by atoms with Crippen molar-refractivity contribution in [1.82, 2.24) is 25.6 Å². The average molecular weight is 494 g/mol. The zero-order valence-corrected chi connectivity index (χ0v) is 20.5. The fraction of sp³-hybridized carbons (Fsp3) is 0.462. The molecule has 0 radical (unpaired) electrons. The highest BCUT2D eigenvalue weighted by Crippen LogP contribution is 2.38. The molecule has 0 spiro atoms. The number of fused-ring (bicyclic) bond motifs is 1. The largest absolute Gasteiger partial charge is 0.497 e. The van der Waals surface area contributed by atoms with E-state index in [1.807, 2.05) is 25.1 Å². The van der Waals surface area contributed by atoms with Gasteiger partial charge in [-0.25, -0.2) is 14.8 Å². The summed E-state index contributed by atoms with van der Waals surface area (Å²) >= 11 is 0. The van der Waals surface area contributed by atoms with Crippen LogP contribution in [0, 0.1) is 12.8 Å². The minimum absolute atomic E-state index is 0.0148. The van der Waals surface area contributed by atoms with Gasteiger partial charge in [0, 0.05) is 29.4 Å². The van der Waals surface area contributed by atoms with E-state index in [9.17, 15) is 9.59 Å². The van der Waals surface area contributed by atoms with Crippen LogP contribution < -0.4 is 20.1 Å². The number of aromatic amines is 1. The molecule has 2 aliphatic rings. The van der Waals surface area contributed by atoms with Gasteiger partial charge in [0.25, 0.3) is 5.91 Å². The van der Waals surface area contributed by atoms with Crippen molar-refractivity contribution in [3.05, 3.63) is 35.8 Å². The normalized spacial score (nSPS) is 19.6. The number of ether oxygens (including phenoxy) is 2. The van der Waals surface area contributed by atoms with E-state index in [1.165, 1.54) is 19.2 Å². The van der Waals surface area contributed by atoms with Crippen LogP contribution in [0.15, 0.2) is 24.5 Å². The quantitative estimate of drug-likeness (QED) is 0.371. The summed E-state index contributed by atoms with van der Waals surface area (Å²) in [5.74, 6) is 1.78. The molecule has 0 bridgehead atoms. The predicted octanol–water partition coefficient (Wildman–Crippen LogP) is 4.04. The molecule has 2 amide bonds. The van der Waals surface area contributed by atoms with Crippen LogP contribution in [0.3, 0.4) is 0 Å². The molecule has 0 atom stereocenters. The lowest BCUT2D eigenvalue weighted by Gasteiger charge is -2.28. The third-order valence-electron chi connectivity index (χ3n) is 7.00. The first kappa shape index (κ1) is 23.9. The van der Waals surface area contributed by atoms with Crippen LogP contribution >= 0.6 is 0 Å². The monoisotopic (exact) mass is 493 g/mol. The average Bonchev–Trinajstić information content (AvgIpc) is 3.63. The molecule has 2 aromatic heterocycles. The summed E-state index contributed by atoms with van der Waals surface area (Å²) in [7, 11) is 1.62. The number of H-pyrrole nitrogens is 1. The summed E-state index contributed by atoms with van der Waals surface area (Å²) in [6.07, 6.45) is 5.64. The Bertz CT molecular complexity index is 1280. The van der Waals surface area contributed by atoms with E-state index < -0.39 is 6.09 Å². The number of nitrogens with one attached hydrogen (secondary N) is 3. The molecule has 36 heavy (non-hydrogen) atoms. The lowest BCUT2D eigenvalue weighted by molar-refractivity contribution is 0.0924. The first-order chi connectivity index (χ1) is 17.4. The van der Waals surface area contributed by atoms with Gasteiger partial charge in [-0.1, -0.05) is 0 Å². The smallest absolute Gasteiger partial charge is 0.404 e. The van der Waals surface area contributed by atoms with Crippen LogP contribution in [0.2, 0.25) is 0 Å². The Hall–Kier alpha value is -3.82. The van der Waals surface area contributed by atoms with Gasteiger partial charge in [-0.05, 0) is 63.5 Å². The van der Waals surface area contributed by atoms with Gasteiger partial charge in [0.2, 0.25) is 0 Å². The van der Waals surface area contributed by atoms with E-state index in [1.54, 1.807) is 7.11 Å². The van der Waals surface area contributed by atoms with Crippen LogP contribution in [0.4, 0.5) is 4.79 Å². The Kier molecular flexibility index (Phi) is 6.67. The molecule has 0 saturated heterocycles. The minimum atomic E-state index is -1.01. The number of methoxy groups -OCH3 is 1. The number of aromatic nitrogens is 3. The topological polar surface area (TPSA) is 138 Å². The highest BCUT2D eigenvalue weighted by atomic mass is 16.5. The summed E-state index contributed by atoms with van der Waals surface area (Å²) in [5.41, 5.74) is 3.90. The molecule has 10 heteroatoms. The van der Waals surface area contributed by atoms with E-state index >= 15 is 0 Å². The Labute approximate surface area is 208 Å². The first-order valence-corrected chi connectivity index (χ1v) is 12.4. The number of benzene rings is 1. The molecule has 3 aromatic rings. The summed E-state index contributed by atoms with van der Waals surface area (Å²) in [6, 6.07) is 5.57. The number of nitrogens with zero attached hydrogens (tertiary/aromatic N) is 2. The Morgan fingerprint density at radius 3 is 2.47 bits per heavy atom. The summed E-state index contributed by atoms with van der Waals surface area (Å²) in [5, 5.41) is 14.6. The van der Waals surface area contributed by atoms with E-state index in [0.29, 0.717) is 77.7 Å². The fourth-order valence-corrected chi connectivity index (χ4v) is 4.85. The summed E-state index contributed by atoms with van der Waals surface area (Å²) in [6.45, 7) is 2.50. The van der Waals surface area contributed by atoms with Crippen LogP contribution in [0.1, 0.15) is 54.6 Å². The number of carbonyl (C=O) groups is 2. The molecule has 0 aliphatic heterocycles. The lowest BCUT2D eigenvalue weighted by Crippen LogP contribution is -2.43. The van der Waals surface area contributed by atoms with Gasteiger partial charge in [-0.3, -0.25) is 4.79 Å². The van der Waals surface area contributed by atoms with Crippen molar-refractivity contribution in [3.8, 4) is 22.8 Å². The van der Waals surface area contributed by atoms with Gasteiger partial charge < -0.3 is 30.2 Å². The van der Waals surface area contributed by atoms with E-state index in [4.69, 9.17) is 14.6 Å². The summed E-state index contributed by atoms with van der Waals surface area (Å²) in [4.78, 5) is 36.5. The van der Waals surface area contributed by atoms with Crippen LogP contribution in [0.25, 0.3) is 22.3 Å². The molecule has 190 valence electrons. The molecular weight excluding hydrogens is 462 g/mol. The highest BCUT2D eigenvalue weighted by molar-refractivity contribution is 6.09. The summed E-state index contributed by atoms with van der Waals surface area (Å²) < 4.78 is 11.6. The number of rotatable bonds is 8. The van der Waals surface area contributed by atoms with Crippen LogP contribution in [-0.4, -0.2) is 57.9 Å². The number of carboxylic acid groups (broad SMARTS) is 1. The fourth-order valence-electron chi connectivity index (χ4n) is 4.85. The van der Waals surface area contributed by atoms with Gasteiger partial charge in [0.05, 0.1) is 24.8 Å². The van der Waals surface area contributed by atoms with Crippen LogP contribution in [-0.2, 0) is 0 Å². The third-order valence-corrected chi connectivity index (χ3v) is 7.00. The molecule has 10 nitrogen and oxygen atoms in total. The van der Waals surface area contributed by atoms with Gasteiger partial charge in [-0.2, -0.15) is 0 Å². The van der Waals surface area contributed by atoms with Crippen molar-refractivity contribution < 1.29 is 24.2 Å². The second-order valence-electron chi connectivity index (χ2n) is 9.66. The van der Waals surface area contributed by atoms with Crippen molar-refractivity contribution in [2.75, 3.05) is 13.7 Å². The van der Waals surface area contributed by atoms with E-state index in [-0.39, 0.29) is 18.0 Å². The van der Waals surface area contributed by atoms with Gasteiger partial charge in [0.15, 0.2) is 0 Å². The standard InChI is InChI=1S/C26H31N5O5/c1-14-21(25(32)30-16-5-7-17(8-6-16)31-26(33)34)23-24(29-14)22(27-13-28-23)19-10-9-18(35-2)11-20(19)36-12-15-3-4-15/h9-11,13,15-17,29,31H,3-8,12H2,1-2H3,(H,30,32)(H,33,34)/t16-,17+. The van der Waals surface area contributed by atoms with Crippen molar-refractivity contribution in [3.63, 3.8) is 0 Å². The number of carbonyl (C=O) groups excluding carboxylic acids is 1. The molecule has 0 unspecified atom stereocenters. The Morgan fingerprint density at radius 1 is 1.08 bits per heavy atom. The van der Waals surface area contributed by atoms with Crippen molar-refractivity contribution in [2.24, 2.45) is 5.92 Å². The maximum Gasteiger partial charge on any atom is 0.404 e. The Balaban J connectivity index is 1.40. The molecule has 2 heterocycles. The molecule has 5 rings (SSSR count). The second kappa shape index (κ2) is 10.0.